The zero-order chi connectivity index (χ0) is 20.4. The molecule has 2 aliphatic heterocycles. The fourth-order valence-electron chi connectivity index (χ4n) is 3.93. The fraction of sp³-hybridized carbons (Fsp3) is 0.619. The van der Waals surface area contributed by atoms with Gasteiger partial charge in [0, 0.05) is 37.6 Å². The topological polar surface area (TPSA) is 85.1 Å². The van der Waals surface area contributed by atoms with E-state index in [9.17, 15) is 9.59 Å². The van der Waals surface area contributed by atoms with Gasteiger partial charge in [0.05, 0.1) is 0 Å². The van der Waals surface area contributed by atoms with Crippen molar-refractivity contribution in [2.75, 3.05) is 26.2 Å². The summed E-state index contributed by atoms with van der Waals surface area (Å²) in [5, 5.41) is 0. The lowest BCUT2D eigenvalue weighted by atomic mass is 9.75. The van der Waals surface area contributed by atoms with Gasteiger partial charge >= 0.3 is 12.2 Å². The minimum atomic E-state index is -0.505. The van der Waals surface area contributed by atoms with Gasteiger partial charge in [-0.25, -0.2) is 9.59 Å². The lowest BCUT2D eigenvalue weighted by Crippen LogP contribution is -2.51. The number of carbonyl (C=O) groups is 2. The molecule has 0 radical (unpaired) electrons. The minimum Gasteiger partial charge on any atom is -0.445 e. The number of piperidine rings is 1. The van der Waals surface area contributed by atoms with Gasteiger partial charge in [-0.2, -0.15) is 0 Å². The standard InChI is InChI=1S/C21H31N3O4/c1-20(2,3)28-19(26)23-11-9-21(10-12-23)15-24(13-17(21)22)18(25)27-14-16-7-5-4-6-8-16/h4-8,17H,9-15,22H2,1-3H3. The third-order valence-electron chi connectivity index (χ3n) is 5.58. The highest BCUT2D eigenvalue weighted by molar-refractivity contribution is 5.69. The molecular weight excluding hydrogens is 358 g/mol. The predicted molar refractivity (Wildman–Crippen MR) is 106 cm³/mol. The van der Waals surface area contributed by atoms with E-state index in [0.717, 1.165) is 18.4 Å². The second kappa shape index (κ2) is 7.99. The Morgan fingerprint density at radius 3 is 2.36 bits per heavy atom. The van der Waals surface area contributed by atoms with Gasteiger partial charge in [0.2, 0.25) is 0 Å². The van der Waals surface area contributed by atoms with Crippen LogP contribution in [-0.2, 0) is 16.1 Å². The fourth-order valence-corrected chi connectivity index (χ4v) is 3.93. The van der Waals surface area contributed by atoms with Crippen molar-refractivity contribution in [3.63, 3.8) is 0 Å². The zero-order valence-corrected chi connectivity index (χ0v) is 17.0. The average Bonchev–Trinajstić information content (AvgIpc) is 2.96. The number of amides is 2. The smallest absolute Gasteiger partial charge is 0.410 e. The molecule has 7 heteroatoms. The normalized spacial score (nSPS) is 21.6. The number of nitrogens with zero attached hydrogens (tertiary/aromatic N) is 2. The highest BCUT2D eigenvalue weighted by atomic mass is 16.6. The Balaban J connectivity index is 1.52. The number of nitrogens with two attached hydrogens (primary N) is 1. The Labute approximate surface area is 166 Å². The molecule has 2 N–H and O–H groups in total. The molecule has 7 nitrogen and oxygen atoms in total. The van der Waals surface area contributed by atoms with Crippen molar-refractivity contribution >= 4 is 12.2 Å². The van der Waals surface area contributed by atoms with Crippen molar-refractivity contribution in [3.05, 3.63) is 35.9 Å². The van der Waals surface area contributed by atoms with Gasteiger partial charge in [-0.05, 0) is 39.2 Å². The number of ether oxygens (including phenoxy) is 2. The summed E-state index contributed by atoms with van der Waals surface area (Å²) in [6.07, 6.45) is 0.907. The SMILES string of the molecule is CC(C)(C)OC(=O)N1CCC2(CC1)CN(C(=O)OCc1ccccc1)CC2N. The summed E-state index contributed by atoms with van der Waals surface area (Å²) in [5.74, 6) is 0. The van der Waals surface area contributed by atoms with Crippen LogP contribution in [0, 0.1) is 5.41 Å². The molecule has 154 valence electrons. The number of hydrogen-bond donors (Lipinski definition) is 1. The predicted octanol–water partition coefficient (Wildman–Crippen LogP) is 2.98. The first-order valence-corrected chi connectivity index (χ1v) is 9.88. The van der Waals surface area contributed by atoms with Crippen LogP contribution in [0.25, 0.3) is 0 Å². The first-order valence-electron chi connectivity index (χ1n) is 9.88. The van der Waals surface area contributed by atoms with Crippen molar-refractivity contribution in [1.29, 1.82) is 0 Å². The molecule has 1 atom stereocenters. The molecular formula is C21H31N3O4. The van der Waals surface area contributed by atoms with Gasteiger partial charge in [0.1, 0.15) is 12.2 Å². The Morgan fingerprint density at radius 2 is 1.75 bits per heavy atom. The molecule has 0 bridgehead atoms. The summed E-state index contributed by atoms with van der Waals surface area (Å²) in [6.45, 7) is 8.09. The van der Waals surface area contributed by atoms with Crippen molar-refractivity contribution in [1.82, 2.24) is 9.80 Å². The molecule has 2 amide bonds. The number of hydrogen-bond acceptors (Lipinski definition) is 5. The van der Waals surface area contributed by atoms with Crippen LogP contribution in [0.1, 0.15) is 39.2 Å². The van der Waals surface area contributed by atoms with E-state index >= 15 is 0 Å². The molecule has 2 heterocycles. The second-order valence-electron chi connectivity index (χ2n) is 8.86. The molecule has 2 aliphatic rings. The third-order valence-corrected chi connectivity index (χ3v) is 5.58. The number of benzene rings is 1. The summed E-state index contributed by atoms with van der Waals surface area (Å²) in [6, 6.07) is 9.51. The van der Waals surface area contributed by atoms with Gasteiger partial charge < -0.3 is 25.0 Å². The van der Waals surface area contributed by atoms with Crippen LogP contribution in [0.3, 0.4) is 0 Å². The Morgan fingerprint density at radius 1 is 1.11 bits per heavy atom. The molecule has 1 unspecified atom stereocenters. The van der Waals surface area contributed by atoms with Crippen LogP contribution < -0.4 is 5.73 Å². The summed E-state index contributed by atoms with van der Waals surface area (Å²) >= 11 is 0. The van der Waals surface area contributed by atoms with Crippen LogP contribution in [0.2, 0.25) is 0 Å². The number of carbonyl (C=O) groups excluding carboxylic acids is 2. The van der Waals surface area contributed by atoms with Crippen LogP contribution in [-0.4, -0.2) is 59.8 Å². The molecule has 0 saturated carbocycles. The van der Waals surface area contributed by atoms with E-state index in [2.05, 4.69) is 0 Å². The largest absolute Gasteiger partial charge is 0.445 e. The highest BCUT2D eigenvalue weighted by Crippen LogP contribution is 2.40. The minimum absolute atomic E-state index is 0.113. The lowest BCUT2D eigenvalue weighted by molar-refractivity contribution is 0.00920. The van der Waals surface area contributed by atoms with Crippen molar-refractivity contribution in [3.8, 4) is 0 Å². The zero-order valence-electron chi connectivity index (χ0n) is 17.0. The third kappa shape index (κ3) is 4.76. The molecule has 3 rings (SSSR count). The molecule has 0 aliphatic carbocycles. The van der Waals surface area contributed by atoms with Gasteiger partial charge in [-0.15, -0.1) is 0 Å². The van der Waals surface area contributed by atoms with E-state index in [4.69, 9.17) is 15.2 Å². The maximum atomic E-state index is 12.5. The van der Waals surface area contributed by atoms with E-state index in [1.54, 1.807) is 9.80 Å². The molecule has 2 fully saturated rings. The van der Waals surface area contributed by atoms with Gasteiger partial charge in [0.25, 0.3) is 0 Å². The van der Waals surface area contributed by atoms with Gasteiger partial charge in [-0.1, -0.05) is 30.3 Å². The molecule has 1 aromatic rings. The highest BCUT2D eigenvalue weighted by Gasteiger charge is 2.49. The van der Waals surface area contributed by atoms with Gasteiger partial charge in [-0.3, -0.25) is 0 Å². The van der Waals surface area contributed by atoms with Crippen molar-refractivity contribution < 1.29 is 19.1 Å². The van der Waals surface area contributed by atoms with E-state index in [0.29, 0.717) is 26.2 Å². The molecule has 28 heavy (non-hydrogen) atoms. The average molecular weight is 389 g/mol. The van der Waals surface area contributed by atoms with Gasteiger partial charge in [0.15, 0.2) is 0 Å². The summed E-state index contributed by atoms with van der Waals surface area (Å²) in [4.78, 5) is 28.2. The van der Waals surface area contributed by atoms with Crippen LogP contribution in [0.4, 0.5) is 9.59 Å². The Bertz CT molecular complexity index is 693. The molecule has 2 saturated heterocycles. The number of rotatable bonds is 2. The first-order chi connectivity index (χ1) is 13.2. The lowest BCUT2D eigenvalue weighted by Gasteiger charge is -2.41. The maximum absolute atomic E-state index is 12.5. The monoisotopic (exact) mass is 389 g/mol. The van der Waals surface area contributed by atoms with Crippen molar-refractivity contribution in [2.45, 2.75) is 51.9 Å². The van der Waals surface area contributed by atoms with E-state index in [1.165, 1.54) is 0 Å². The summed E-state index contributed by atoms with van der Waals surface area (Å²) < 4.78 is 10.9. The van der Waals surface area contributed by atoms with Crippen LogP contribution in [0.5, 0.6) is 0 Å². The summed E-state index contributed by atoms with van der Waals surface area (Å²) in [7, 11) is 0. The quantitative estimate of drug-likeness (QED) is 0.840. The number of likely N-dealkylation sites (tertiary alicyclic amines) is 2. The van der Waals surface area contributed by atoms with E-state index < -0.39 is 5.60 Å². The van der Waals surface area contributed by atoms with Crippen LogP contribution in [0.15, 0.2) is 30.3 Å². The maximum Gasteiger partial charge on any atom is 0.410 e. The molecule has 0 aromatic heterocycles. The van der Waals surface area contributed by atoms with E-state index in [1.807, 2.05) is 51.1 Å². The first kappa shape index (κ1) is 20.5. The molecule has 1 aromatic carbocycles. The van der Waals surface area contributed by atoms with Crippen molar-refractivity contribution in [2.24, 2.45) is 11.1 Å². The Hall–Kier alpha value is -2.28. The van der Waals surface area contributed by atoms with E-state index in [-0.39, 0.29) is 30.3 Å². The summed E-state index contributed by atoms with van der Waals surface area (Å²) in [5.41, 5.74) is 6.71. The van der Waals surface area contributed by atoms with Crippen LogP contribution >= 0.6 is 0 Å². The second-order valence-corrected chi connectivity index (χ2v) is 8.86. The Kier molecular flexibility index (Phi) is 5.84. The molecule has 1 spiro atoms.